The van der Waals surface area contributed by atoms with Gasteiger partial charge in [-0.15, -0.1) is 28.8 Å². The molecule has 48 heavy (non-hydrogen) atoms. The minimum Gasteiger partial charge on any atom is -0.512 e. The summed E-state index contributed by atoms with van der Waals surface area (Å²) >= 11 is 0. The molecule has 1 aromatic heterocycles. The fourth-order valence-electron chi connectivity index (χ4n) is 7.20. The largest absolute Gasteiger partial charge is 0.512 e. The second-order valence-electron chi connectivity index (χ2n) is 15.2. The molecule has 1 N–H and O–H groups in total. The van der Waals surface area contributed by atoms with Crippen LogP contribution in [0, 0.1) is 37.2 Å². The van der Waals surface area contributed by atoms with Crippen LogP contribution in [0.5, 0.6) is 0 Å². The van der Waals surface area contributed by atoms with E-state index in [1.165, 1.54) is 44.8 Å². The van der Waals surface area contributed by atoms with Gasteiger partial charge in [0.1, 0.15) is 0 Å². The number of fused-ring (bicyclic) bond motifs is 4. The Bertz CT molecular complexity index is 1770. The molecule has 0 fully saturated rings. The smallest absolute Gasteiger partial charge is 0.162 e. The van der Waals surface area contributed by atoms with Crippen LogP contribution in [0.15, 0.2) is 66.4 Å². The van der Waals surface area contributed by atoms with Gasteiger partial charge < -0.3 is 5.11 Å². The van der Waals surface area contributed by atoms with E-state index in [-0.39, 0.29) is 54.3 Å². The van der Waals surface area contributed by atoms with E-state index in [1.54, 1.807) is 0 Å². The average molecular weight is 823 g/mol. The number of allylic oxidation sites excluding steroid dienone is 2. The molecule has 0 saturated heterocycles. The summed E-state index contributed by atoms with van der Waals surface area (Å²) in [7, 11) is 0. The van der Waals surface area contributed by atoms with Crippen molar-refractivity contribution in [2.75, 3.05) is 0 Å². The minimum absolute atomic E-state index is 0. The van der Waals surface area contributed by atoms with Crippen molar-refractivity contribution >= 4 is 16.7 Å². The number of hydrogen-bond donors (Lipinski definition) is 1. The third-order valence-corrected chi connectivity index (χ3v) is 9.85. The van der Waals surface area contributed by atoms with Crippen LogP contribution in [-0.4, -0.2) is 15.9 Å². The second-order valence-corrected chi connectivity index (χ2v) is 15.2. The van der Waals surface area contributed by atoms with Crippen LogP contribution in [0.4, 0.5) is 0 Å². The van der Waals surface area contributed by atoms with Crippen molar-refractivity contribution in [1.29, 1.82) is 0 Å². The van der Waals surface area contributed by atoms with Crippen LogP contribution in [-0.2, 0) is 36.7 Å². The standard InChI is InChI=1S/C31H32N.C13H24O2.Ir/c1-19-11-13-26-23(15-19)24-16-20(2)17-25(29(24)31(26,6)7)28-14-12-22-21(18-30(3,4)5)9-8-10-27(22)32-28;1-5-10(6-2)12(14)9-13(15)11(7-3)8-4;/h8-16H,18H2,1-7H3;9-11,14H,5-8H2,1-4H3;/q-1;;/b;12-9-;. The van der Waals surface area contributed by atoms with Gasteiger partial charge in [0.05, 0.1) is 11.3 Å². The molecule has 0 atom stereocenters. The molecular formula is C44H56IrNO2-. The number of benzene rings is 3. The molecule has 0 saturated carbocycles. The number of aryl methyl sites for hydroxylation is 2. The van der Waals surface area contributed by atoms with Gasteiger partial charge in [-0.2, -0.15) is 0 Å². The summed E-state index contributed by atoms with van der Waals surface area (Å²) in [5.74, 6) is 0.547. The van der Waals surface area contributed by atoms with Gasteiger partial charge in [0, 0.05) is 43.4 Å². The molecule has 0 aliphatic heterocycles. The molecule has 1 heterocycles. The Kier molecular flexibility index (Phi) is 13.2. The van der Waals surface area contributed by atoms with E-state index in [0.29, 0.717) is 0 Å². The first-order chi connectivity index (χ1) is 22.1. The second kappa shape index (κ2) is 16.1. The summed E-state index contributed by atoms with van der Waals surface area (Å²) in [4.78, 5) is 16.9. The number of carbonyl (C=O) groups is 1. The van der Waals surface area contributed by atoms with Crippen molar-refractivity contribution in [3.05, 3.63) is 100 Å². The predicted octanol–water partition coefficient (Wildman–Crippen LogP) is 12.1. The van der Waals surface area contributed by atoms with Gasteiger partial charge in [-0.25, -0.2) is 0 Å². The number of aliphatic hydroxyl groups is 1. The van der Waals surface area contributed by atoms with Gasteiger partial charge in [0.15, 0.2) is 5.78 Å². The number of nitrogens with zero attached hydrogens (tertiary/aromatic N) is 1. The van der Waals surface area contributed by atoms with E-state index in [9.17, 15) is 9.90 Å². The summed E-state index contributed by atoms with van der Waals surface area (Å²) in [6, 6.07) is 23.8. The maximum atomic E-state index is 11.7. The first kappa shape index (κ1) is 39.4. The third-order valence-electron chi connectivity index (χ3n) is 9.85. The molecule has 4 aromatic rings. The van der Waals surface area contributed by atoms with Crippen LogP contribution < -0.4 is 0 Å². The van der Waals surface area contributed by atoms with Crippen LogP contribution in [0.3, 0.4) is 0 Å². The number of aromatic nitrogens is 1. The monoisotopic (exact) mass is 823 g/mol. The molecule has 4 heteroatoms. The maximum Gasteiger partial charge on any atom is 0.162 e. The van der Waals surface area contributed by atoms with E-state index >= 15 is 0 Å². The van der Waals surface area contributed by atoms with Crippen molar-refractivity contribution in [2.45, 2.75) is 114 Å². The van der Waals surface area contributed by atoms with E-state index in [4.69, 9.17) is 4.98 Å². The Morgan fingerprint density at radius 3 is 2.15 bits per heavy atom. The molecule has 0 unspecified atom stereocenters. The summed E-state index contributed by atoms with van der Waals surface area (Å²) < 4.78 is 0. The Labute approximate surface area is 304 Å². The number of aliphatic hydroxyl groups excluding tert-OH is 1. The van der Waals surface area contributed by atoms with Gasteiger partial charge in [0.2, 0.25) is 0 Å². The zero-order valence-corrected chi connectivity index (χ0v) is 33.5. The summed E-state index contributed by atoms with van der Waals surface area (Å²) in [5, 5.41) is 11.0. The van der Waals surface area contributed by atoms with Crippen molar-refractivity contribution in [3.63, 3.8) is 0 Å². The first-order valence-corrected chi connectivity index (χ1v) is 17.7. The molecule has 3 nitrogen and oxygen atoms in total. The fraction of sp³-hybridized carbons (Fsp3) is 0.455. The molecule has 0 spiro atoms. The fourth-order valence-corrected chi connectivity index (χ4v) is 7.20. The minimum atomic E-state index is -0.0807. The molecule has 259 valence electrons. The summed E-state index contributed by atoms with van der Waals surface area (Å²) in [6.45, 7) is 23.9. The maximum absolute atomic E-state index is 11.7. The normalized spacial score (nSPS) is 13.6. The van der Waals surface area contributed by atoms with E-state index in [0.717, 1.165) is 54.4 Å². The number of carbonyl (C=O) groups excluding carboxylic acids is 1. The van der Waals surface area contributed by atoms with E-state index < -0.39 is 0 Å². The van der Waals surface area contributed by atoms with E-state index in [1.807, 2.05) is 27.7 Å². The molecule has 0 bridgehead atoms. The SMILES string of the molecule is CCC(CC)C(=O)/C=C(\O)C(CC)CC.Cc1[c-]c(-c2ccc3c(CC(C)(C)C)cccc3n2)c2c(c1)-c1cc(C)ccc1C2(C)C.[Ir]. The zero-order chi connectivity index (χ0) is 34.7. The number of hydrogen-bond acceptors (Lipinski definition) is 3. The van der Waals surface area contributed by atoms with Crippen molar-refractivity contribution in [2.24, 2.45) is 17.3 Å². The van der Waals surface area contributed by atoms with Crippen molar-refractivity contribution in [3.8, 4) is 22.4 Å². The topological polar surface area (TPSA) is 50.2 Å². The molecule has 1 aliphatic carbocycles. The van der Waals surface area contributed by atoms with Crippen molar-refractivity contribution < 1.29 is 30.0 Å². The van der Waals surface area contributed by atoms with Gasteiger partial charge in [0.25, 0.3) is 0 Å². The van der Waals surface area contributed by atoms with Gasteiger partial charge in [-0.1, -0.05) is 123 Å². The molecule has 0 amide bonds. The molecule has 1 aliphatic rings. The number of rotatable bonds is 9. The van der Waals surface area contributed by atoms with Gasteiger partial charge in [-0.3, -0.25) is 9.78 Å². The van der Waals surface area contributed by atoms with Crippen LogP contribution in [0.1, 0.15) is 116 Å². The average Bonchev–Trinajstić information content (AvgIpc) is 3.22. The van der Waals surface area contributed by atoms with Crippen LogP contribution in [0.2, 0.25) is 0 Å². The molecular weight excluding hydrogens is 767 g/mol. The molecule has 3 aromatic carbocycles. The van der Waals surface area contributed by atoms with Crippen molar-refractivity contribution in [1.82, 2.24) is 4.98 Å². The predicted molar refractivity (Wildman–Crippen MR) is 200 cm³/mol. The van der Waals surface area contributed by atoms with Crippen LogP contribution in [0.25, 0.3) is 33.3 Å². The number of pyridine rings is 1. The Morgan fingerprint density at radius 1 is 0.896 bits per heavy atom. The Balaban J connectivity index is 0.000000334. The quantitative estimate of drug-likeness (QED) is 0.104. The zero-order valence-electron chi connectivity index (χ0n) is 31.1. The van der Waals surface area contributed by atoms with Gasteiger partial charge >= 0.3 is 0 Å². The molecule has 1 radical (unpaired) electrons. The molecule has 5 rings (SSSR count). The van der Waals surface area contributed by atoms with Crippen LogP contribution >= 0.6 is 0 Å². The summed E-state index contributed by atoms with van der Waals surface area (Å²) in [5.41, 5.74) is 12.7. The third kappa shape index (κ3) is 8.55. The first-order valence-electron chi connectivity index (χ1n) is 17.7. The summed E-state index contributed by atoms with van der Waals surface area (Å²) in [6.07, 6.45) is 5.95. The Hall–Kier alpha value is -3.07. The van der Waals surface area contributed by atoms with Gasteiger partial charge in [-0.05, 0) is 78.3 Å². The Morgan fingerprint density at radius 2 is 1.54 bits per heavy atom. The van der Waals surface area contributed by atoms with E-state index in [2.05, 4.69) is 109 Å². The number of ketones is 1.